The molecule has 0 spiro atoms. The average molecular weight is 696 g/mol. The van der Waals surface area contributed by atoms with Gasteiger partial charge in [-0.2, -0.15) is 0 Å². The first-order chi connectivity index (χ1) is 23.8. The van der Waals surface area contributed by atoms with Gasteiger partial charge < -0.3 is 25.7 Å². The standard InChI is InChI=1S/C36H33N5O6S2/c1-3-8-23-19-48-34-30(33(43)41(34)31(23)35(44)45)40-29(42)18-38-47-32(22-9-5-4-6-10-22)26-12-7-11-25(28-20-49-36(37)39-28)27(26)17-21-13-15-24(46-2)16-14-21/h3-16,18,20,30,32,34H,17,19H2,1-2H3,(H2,37,39)(H,40,42)(H,44,45)/b8-3-,38-18-. The maximum atomic E-state index is 13.0. The number of rotatable bonds is 12. The van der Waals surface area contributed by atoms with E-state index in [0.29, 0.717) is 22.9 Å². The number of aliphatic carboxylic acids is 1. The predicted octanol–water partition coefficient (Wildman–Crippen LogP) is 5.40. The summed E-state index contributed by atoms with van der Waals surface area (Å²) in [5, 5.41) is 18.4. The van der Waals surface area contributed by atoms with Gasteiger partial charge in [-0.05, 0) is 47.7 Å². The zero-order valence-corrected chi connectivity index (χ0v) is 28.2. The average Bonchev–Trinajstić information content (AvgIpc) is 3.55. The third kappa shape index (κ3) is 7.08. The Morgan fingerprint density at radius 2 is 1.92 bits per heavy atom. The van der Waals surface area contributed by atoms with Crippen molar-refractivity contribution in [3.05, 3.63) is 124 Å². The van der Waals surface area contributed by atoms with Gasteiger partial charge in [0.2, 0.25) is 0 Å². The smallest absolute Gasteiger partial charge is 0.352 e. The fourth-order valence-electron chi connectivity index (χ4n) is 5.87. The number of nitrogens with two attached hydrogens (primary N) is 1. The number of β-lactam (4-membered cyclic amide) rings is 1. The first-order valence-corrected chi connectivity index (χ1v) is 17.3. The number of thiazole rings is 1. The number of carbonyl (C=O) groups excluding carboxylic acids is 2. The molecule has 0 aliphatic carbocycles. The SMILES string of the molecule is C/C=C\C1=C(C(=O)O)N2C(=O)C(NC(=O)/C=N\OC(c3ccccc3)c3cccc(-c4csc(N)n4)c3Cc3ccc(OC)cc3)C2SC1. The van der Waals surface area contributed by atoms with Crippen LogP contribution in [-0.2, 0) is 25.6 Å². The summed E-state index contributed by atoms with van der Waals surface area (Å²) in [4.78, 5) is 49.9. The number of benzene rings is 3. The Balaban J connectivity index is 1.26. The Labute approximate surface area is 291 Å². The molecule has 3 heterocycles. The summed E-state index contributed by atoms with van der Waals surface area (Å²) in [6.07, 6.45) is 4.23. The predicted molar refractivity (Wildman–Crippen MR) is 190 cm³/mol. The highest BCUT2D eigenvalue weighted by atomic mass is 32.2. The number of fused-ring (bicyclic) bond motifs is 1. The van der Waals surface area contributed by atoms with E-state index in [9.17, 15) is 19.5 Å². The van der Waals surface area contributed by atoms with Crippen LogP contribution in [0.25, 0.3) is 11.3 Å². The number of amides is 2. The Bertz CT molecular complexity index is 1960. The van der Waals surface area contributed by atoms with Gasteiger partial charge in [-0.15, -0.1) is 23.1 Å². The largest absolute Gasteiger partial charge is 0.497 e. The first kappa shape index (κ1) is 33.5. The number of nitrogens with one attached hydrogen (secondary N) is 1. The minimum absolute atomic E-state index is 0.0620. The molecule has 0 saturated carbocycles. The summed E-state index contributed by atoms with van der Waals surface area (Å²) >= 11 is 2.74. The van der Waals surface area contributed by atoms with Crippen LogP contribution < -0.4 is 15.8 Å². The topological polar surface area (TPSA) is 156 Å². The number of carboxylic acids is 1. The Kier molecular flexibility index (Phi) is 10.1. The molecule has 2 aliphatic heterocycles. The highest BCUT2D eigenvalue weighted by Gasteiger charge is 2.53. The van der Waals surface area contributed by atoms with Crippen LogP contribution >= 0.6 is 23.1 Å². The highest BCUT2D eigenvalue weighted by molar-refractivity contribution is 8.00. The van der Waals surface area contributed by atoms with Gasteiger partial charge in [-0.1, -0.05) is 78.0 Å². The summed E-state index contributed by atoms with van der Waals surface area (Å²) < 4.78 is 5.35. The lowest BCUT2D eigenvalue weighted by atomic mass is 9.88. The van der Waals surface area contributed by atoms with Crippen molar-refractivity contribution < 1.29 is 29.1 Å². The van der Waals surface area contributed by atoms with Crippen molar-refractivity contribution in [1.82, 2.24) is 15.2 Å². The van der Waals surface area contributed by atoms with Gasteiger partial charge in [0.25, 0.3) is 11.8 Å². The molecule has 3 unspecified atom stereocenters. The lowest BCUT2D eigenvalue weighted by Crippen LogP contribution is -2.70. The lowest BCUT2D eigenvalue weighted by Gasteiger charge is -2.49. The molecule has 3 aromatic carbocycles. The number of thioether (sulfide) groups is 1. The monoisotopic (exact) mass is 695 g/mol. The van der Waals surface area contributed by atoms with Crippen molar-refractivity contribution in [2.24, 2.45) is 5.16 Å². The van der Waals surface area contributed by atoms with E-state index in [0.717, 1.165) is 45.5 Å². The molecule has 3 atom stereocenters. The quantitative estimate of drug-likeness (QED) is 0.100. The molecule has 13 heteroatoms. The van der Waals surface area contributed by atoms with E-state index in [1.165, 1.54) is 28.0 Å². The van der Waals surface area contributed by atoms with Crippen LogP contribution in [0.2, 0.25) is 0 Å². The van der Waals surface area contributed by atoms with Crippen LogP contribution in [0.1, 0.15) is 35.3 Å². The Morgan fingerprint density at radius 1 is 1.14 bits per heavy atom. The Morgan fingerprint density at radius 3 is 2.59 bits per heavy atom. The fraction of sp³-hybridized carbons (Fsp3) is 0.194. The highest BCUT2D eigenvalue weighted by Crippen LogP contribution is 2.41. The van der Waals surface area contributed by atoms with Crippen LogP contribution in [0.15, 0.2) is 107 Å². The number of allylic oxidation sites excluding steroid dienone is 2. The van der Waals surface area contributed by atoms with Gasteiger partial charge in [0.15, 0.2) is 11.2 Å². The molecule has 4 N–H and O–H groups in total. The summed E-state index contributed by atoms with van der Waals surface area (Å²) in [7, 11) is 1.62. The summed E-state index contributed by atoms with van der Waals surface area (Å²) in [5.41, 5.74) is 11.7. The summed E-state index contributed by atoms with van der Waals surface area (Å²) in [6.45, 7) is 1.78. The normalized spacial score (nSPS) is 17.9. The van der Waals surface area contributed by atoms with Crippen molar-refractivity contribution >= 4 is 52.2 Å². The molecule has 0 bridgehead atoms. The number of aromatic nitrogens is 1. The van der Waals surface area contributed by atoms with Crippen LogP contribution in [0.4, 0.5) is 5.13 Å². The number of carboxylic acid groups (broad SMARTS) is 1. The maximum Gasteiger partial charge on any atom is 0.352 e. The fourth-order valence-corrected chi connectivity index (χ4v) is 7.76. The lowest BCUT2D eigenvalue weighted by molar-refractivity contribution is -0.150. The van der Waals surface area contributed by atoms with Crippen molar-refractivity contribution in [2.75, 3.05) is 18.6 Å². The number of carbonyl (C=O) groups is 3. The molecule has 4 aromatic rings. The molecule has 1 aromatic heterocycles. The van der Waals surface area contributed by atoms with Crippen molar-refractivity contribution in [1.29, 1.82) is 0 Å². The van der Waals surface area contributed by atoms with E-state index in [4.69, 9.17) is 15.3 Å². The number of anilines is 1. The van der Waals surface area contributed by atoms with Crippen LogP contribution in [0.5, 0.6) is 5.75 Å². The molecular weight excluding hydrogens is 663 g/mol. The molecule has 49 heavy (non-hydrogen) atoms. The molecule has 6 rings (SSSR count). The summed E-state index contributed by atoms with van der Waals surface area (Å²) in [6, 6.07) is 22.3. The third-order valence-corrected chi connectivity index (χ3v) is 10.1. The van der Waals surface area contributed by atoms with Crippen LogP contribution in [0.3, 0.4) is 0 Å². The third-order valence-electron chi connectivity index (χ3n) is 8.14. The Hall–Kier alpha value is -5.40. The number of nitrogens with zero attached hydrogens (tertiary/aromatic N) is 3. The van der Waals surface area contributed by atoms with Crippen LogP contribution in [0, 0.1) is 0 Å². The molecule has 250 valence electrons. The van der Waals surface area contributed by atoms with E-state index < -0.39 is 35.3 Å². The van der Waals surface area contributed by atoms with Gasteiger partial charge in [0, 0.05) is 22.3 Å². The molecular formula is C36H33N5O6S2. The van der Waals surface area contributed by atoms with E-state index >= 15 is 0 Å². The minimum Gasteiger partial charge on any atom is -0.497 e. The second-order valence-electron chi connectivity index (χ2n) is 11.2. The minimum atomic E-state index is -1.19. The van der Waals surface area contributed by atoms with Crippen molar-refractivity contribution in [3.8, 4) is 17.0 Å². The molecule has 11 nitrogen and oxygen atoms in total. The zero-order valence-electron chi connectivity index (χ0n) is 26.6. The van der Waals surface area contributed by atoms with Gasteiger partial charge in [-0.25, -0.2) is 9.78 Å². The number of hydrogen-bond donors (Lipinski definition) is 3. The summed E-state index contributed by atoms with van der Waals surface area (Å²) in [5.74, 6) is -1.18. The zero-order chi connectivity index (χ0) is 34.5. The van der Waals surface area contributed by atoms with E-state index in [-0.39, 0.29) is 5.70 Å². The molecule has 1 saturated heterocycles. The number of methoxy groups -OCH3 is 1. The van der Waals surface area contributed by atoms with E-state index in [2.05, 4.69) is 15.5 Å². The second kappa shape index (κ2) is 14.8. The second-order valence-corrected chi connectivity index (χ2v) is 13.2. The number of oxime groups is 1. The maximum absolute atomic E-state index is 13.0. The van der Waals surface area contributed by atoms with Gasteiger partial charge in [0.05, 0.1) is 12.8 Å². The van der Waals surface area contributed by atoms with Gasteiger partial charge in [-0.3, -0.25) is 14.5 Å². The van der Waals surface area contributed by atoms with E-state index in [1.807, 2.05) is 78.2 Å². The molecule has 0 radical (unpaired) electrons. The molecule has 1 fully saturated rings. The first-order valence-electron chi connectivity index (χ1n) is 15.3. The van der Waals surface area contributed by atoms with Crippen LogP contribution in [-0.4, -0.2) is 63.3 Å². The van der Waals surface area contributed by atoms with Crippen molar-refractivity contribution in [3.63, 3.8) is 0 Å². The van der Waals surface area contributed by atoms with Crippen molar-refractivity contribution in [2.45, 2.75) is 30.9 Å². The van der Waals surface area contributed by atoms with E-state index in [1.54, 1.807) is 26.2 Å². The number of hydrogen-bond acceptors (Lipinski definition) is 10. The number of nitrogen functional groups attached to an aromatic ring is 1. The van der Waals surface area contributed by atoms with Gasteiger partial charge >= 0.3 is 5.97 Å². The molecule has 2 amide bonds. The number of ether oxygens (including phenoxy) is 1. The molecule has 2 aliphatic rings. The van der Waals surface area contributed by atoms with Gasteiger partial charge in [0.1, 0.15) is 29.1 Å².